The van der Waals surface area contributed by atoms with Crippen LogP contribution in [0.3, 0.4) is 0 Å². The minimum absolute atomic E-state index is 0.252. The first-order valence-corrected chi connectivity index (χ1v) is 4.43. The average Bonchev–Trinajstić information content (AvgIpc) is 2.16. The summed E-state index contributed by atoms with van der Waals surface area (Å²) in [5, 5.41) is 21.2. The Hall–Kier alpha value is -1.70. The van der Waals surface area contributed by atoms with Gasteiger partial charge < -0.3 is 4.74 Å². The number of hydrogen-bond acceptors (Lipinski definition) is 5. The molecule has 0 atom stereocenters. The lowest BCUT2D eigenvalue weighted by Gasteiger charge is -2.02. The fourth-order valence-electron chi connectivity index (χ4n) is 1.05. The van der Waals surface area contributed by atoms with Crippen molar-refractivity contribution in [2.45, 2.75) is 0 Å². The van der Waals surface area contributed by atoms with Crippen LogP contribution in [0.5, 0.6) is 5.75 Å². The second-order valence-electron chi connectivity index (χ2n) is 2.49. The van der Waals surface area contributed by atoms with E-state index in [1.807, 2.05) is 0 Å². The van der Waals surface area contributed by atoms with Gasteiger partial charge >= 0.3 is 11.4 Å². The van der Waals surface area contributed by atoms with Gasteiger partial charge in [0.1, 0.15) is 0 Å². The molecule has 0 saturated heterocycles. The Labute approximate surface area is 92.1 Å². The van der Waals surface area contributed by atoms with Crippen molar-refractivity contribution in [2.75, 3.05) is 7.11 Å². The van der Waals surface area contributed by atoms with E-state index in [-0.39, 0.29) is 10.2 Å². The molecule has 0 amide bonds. The van der Waals surface area contributed by atoms with Crippen LogP contribution >= 0.6 is 15.9 Å². The van der Waals surface area contributed by atoms with Crippen LogP contribution in [-0.4, -0.2) is 17.0 Å². The van der Waals surface area contributed by atoms with E-state index in [2.05, 4.69) is 20.7 Å². The zero-order valence-corrected chi connectivity index (χ0v) is 9.05. The number of nitro benzene ring substituents is 2. The van der Waals surface area contributed by atoms with Crippen molar-refractivity contribution in [3.05, 3.63) is 36.8 Å². The molecule has 1 rings (SSSR count). The van der Waals surface area contributed by atoms with E-state index in [4.69, 9.17) is 0 Å². The molecule has 0 spiro atoms. The highest BCUT2D eigenvalue weighted by Gasteiger charge is 2.27. The molecule has 1 aromatic rings. The molecule has 0 bridgehead atoms. The van der Waals surface area contributed by atoms with E-state index < -0.39 is 21.2 Å². The molecular formula is C7H5BrN2O5. The van der Waals surface area contributed by atoms with Gasteiger partial charge in [-0.05, 0) is 0 Å². The van der Waals surface area contributed by atoms with Gasteiger partial charge in [-0.2, -0.15) is 0 Å². The summed E-state index contributed by atoms with van der Waals surface area (Å²) in [4.78, 5) is 19.7. The molecule has 80 valence electrons. The first-order chi connectivity index (χ1) is 6.97. The quantitative estimate of drug-likeness (QED) is 0.623. The third kappa shape index (κ3) is 2.21. The number of rotatable bonds is 3. The second kappa shape index (κ2) is 4.22. The summed E-state index contributed by atoms with van der Waals surface area (Å²) in [6.45, 7) is 0. The van der Waals surface area contributed by atoms with E-state index in [0.717, 1.165) is 19.2 Å². The van der Waals surface area contributed by atoms with E-state index in [1.54, 1.807) is 0 Å². The zero-order chi connectivity index (χ0) is 11.6. The molecule has 0 unspecified atom stereocenters. The fraction of sp³-hybridized carbons (Fsp3) is 0.143. The Morgan fingerprint density at radius 2 is 1.60 bits per heavy atom. The molecule has 0 aliphatic carbocycles. The maximum absolute atomic E-state index is 10.6. The normalized spacial score (nSPS) is 9.73. The summed E-state index contributed by atoms with van der Waals surface area (Å²) in [5.41, 5.74) is -0.892. The van der Waals surface area contributed by atoms with Gasteiger partial charge in [-0.1, -0.05) is 15.9 Å². The monoisotopic (exact) mass is 276 g/mol. The number of halogens is 1. The van der Waals surface area contributed by atoms with Crippen LogP contribution in [0, 0.1) is 20.2 Å². The van der Waals surface area contributed by atoms with Gasteiger partial charge in [0.25, 0.3) is 5.75 Å². The number of nitrogens with zero attached hydrogens (tertiary/aromatic N) is 2. The first-order valence-electron chi connectivity index (χ1n) is 3.63. The van der Waals surface area contributed by atoms with Gasteiger partial charge in [-0.3, -0.25) is 20.2 Å². The largest absolute Gasteiger partial charge is 0.485 e. The number of methoxy groups -OCH3 is 1. The predicted octanol–water partition coefficient (Wildman–Crippen LogP) is 2.27. The van der Waals surface area contributed by atoms with Crippen LogP contribution in [-0.2, 0) is 0 Å². The Balaban J connectivity index is 3.52. The Morgan fingerprint density at radius 3 is 1.87 bits per heavy atom. The maximum Gasteiger partial charge on any atom is 0.319 e. The van der Waals surface area contributed by atoms with Crippen molar-refractivity contribution >= 4 is 27.3 Å². The Kier molecular flexibility index (Phi) is 3.20. The van der Waals surface area contributed by atoms with Crippen LogP contribution < -0.4 is 4.74 Å². The summed E-state index contributed by atoms with van der Waals surface area (Å²) in [6.07, 6.45) is 0. The molecule has 0 aromatic heterocycles. The molecule has 0 radical (unpaired) electrons. The van der Waals surface area contributed by atoms with Crippen LogP contribution in [0.25, 0.3) is 0 Å². The van der Waals surface area contributed by atoms with Gasteiger partial charge in [0.15, 0.2) is 0 Å². The molecule has 7 nitrogen and oxygen atoms in total. The lowest BCUT2D eigenvalue weighted by Crippen LogP contribution is -1.98. The van der Waals surface area contributed by atoms with Gasteiger partial charge in [0, 0.05) is 16.6 Å². The number of hydrogen-bond donors (Lipinski definition) is 0. The minimum atomic E-state index is -0.739. The van der Waals surface area contributed by atoms with Crippen molar-refractivity contribution in [3.8, 4) is 5.75 Å². The van der Waals surface area contributed by atoms with E-state index in [1.165, 1.54) is 0 Å². The number of ether oxygens (including phenoxy) is 1. The van der Waals surface area contributed by atoms with Gasteiger partial charge in [-0.25, -0.2) is 0 Å². The Morgan fingerprint density at radius 1 is 1.20 bits per heavy atom. The first kappa shape index (κ1) is 11.4. The predicted molar refractivity (Wildman–Crippen MR) is 54.0 cm³/mol. The molecule has 0 heterocycles. The second-order valence-corrected chi connectivity index (χ2v) is 3.41. The van der Waals surface area contributed by atoms with Crippen LogP contribution in [0.1, 0.15) is 0 Å². The Bertz CT molecular complexity index is 398. The van der Waals surface area contributed by atoms with Gasteiger partial charge in [0.2, 0.25) is 0 Å². The van der Waals surface area contributed by atoms with Crippen molar-refractivity contribution < 1.29 is 14.6 Å². The highest BCUT2D eigenvalue weighted by molar-refractivity contribution is 9.10. The highest BCUT2D eigenvalue weighted by atomic mass is 79.9. The molecule has 8 heteroatoms. The lowest BCUT2D eigenvalue weighted by atomic mass is 10.2. The van der Waals surface area contributed by atoms with Gasteiger partial charge in [0.05, 0.1) is 17.0 Å². The summed E-state index contributed by atoms with van der Waals surface area (Å²) < 4.78 is 4.90. The van der Waals surface area contributed by atoms with E-state index in [0.29, 0.717) is 0 Å². The fourth-order valence-corrected chi connectivity index (χ4v) is 1.48. The van der Waals surface area contributed by atoms with Crippen molar-refractivity contribution in [2.24, 2.45) is 0 Å². The summed E-state index contributed by atoms with van der Waals surface area (Å²) in [7, 11) is 1.14. The lowest BCUT2D eigenvalue weighted by molar-refractivity contribution is -0.396. The molecular weight excluding hydrogens is 272 g/mol. The average molecular weight is 277 g/mol. The van der Waals surface area contributed by atoms with Gasteiger partial charge in [-0.15, -0.1) is 0 Å². The third-order valence-corrected chi connectivity index (χ3v) is 2.07. The van der Waals surface area contributed by atoms with Crippen LogP contribution in [0.15, 0.2) is 16.6 Å². The summed E-state index contributed by atoms with van der Waals surface area (Å²) >= 11 is 2.95. The van der Waals surface area contributed by atoms with Crippen LogP contribution in [0.2, 0.25) is 0 Å². The third-order valence-electron chi connectivity index (χ3n) is 1.61. The van der Waals surface area contributed by atoms with Crippen molar-refractivity contribution in [1.82, 2.24) is 0 Å². The zero-order valence-electron chi connectivity index (χ0n) is 7.47. The summed E-state index contributed by atoms with van der Waals surface area (Å²) in [6, 6.07) is 2.29. The highest BCUT2D eigenvalue weighted by Crippen LogP contribution is 2.39. The van der Waals surface area contributed by atoms with E-state index >= 15 is 0 Å². The standard InChI is InChI=1S/C7H5BrN2O5/c1-15-7-5(9(11)12)2-4(8)3-6(7)10(13)14/h2-3H,1H3. The number of nitro groups is 2. The van der Waals surface area contributed by atoms with Crippen molar-refractivity contribution in [1.29, 1.82) is 0 Å². The van der Waals surface area contributed by atoms with E-state index in [9.17, 15) is 20.2 Å². The SMILES string of the molecule is COc1c([N+](=O)[O-])cc(Br)cc1[N+](=O)[O-]. The number of benzene rings is 1. The topological polar surface area (TPSA) is 95.5 Å². The van der Waals surface area contributed by atoms with Crippen LogP contribution in [0.4, 0.5) is 11.4 Å². The molecule has 0 saturated carbocycles. The summed E-state index contributed by atoms with van der Waals surface area (Å²) in [5.74, 6) is -0.354. The molecule has 0 aliphatic rings. The maximum atomic E-state index is 10.6. The smallest absolute Gasteiger partial charge is 0.319 e. The molecule has 15 heavy (non-hydrogen) atoms. The molecule has 0 N–H and O–H groups in total. The molecule has 1 aromatic carbocycles. The minimum Gasteiger partial charge on any atom is -0.485 e. The molecule has 0 fully saturated rings. The molecule has 0 aliphatic heterocycles. The van der Waals surface area contributed by atoms with Crippen molar-refractivity contribution in [3.63, 3.8) is 0 Å².